The van der Waals surface area contributed by atoms with Crippen LogP contribution in [-0.4, -0.2) is 44.1 Å². The van der Waals surface area contributed by atoms with Crippen LogP contribution < -0.4 is 4.90 Å². The van der Waals surface area contributed by atoms with Crippen molar-refractivity contribution in [3.8, 4) is 0 Å². The molecule has 0 saturated carbocycles. The molecule has 0 amide bonds. The number of hydrogen-bond acceptors (Lipinski definition) is 6. The standard InChI is InChI=1S/C10H18N2O3S2/c1-7-9(8(2)13)16-10(11-7)12(3)5-6-17(4,14)15/h8,13H,5-6H2,1-4H3. The third kappa shape index (κ3) is 4.25. The van der Waals surface area contributed by atoms with Gasteiger partial charge in [-0.3, -0.25) is 0 Å². The molecule has 0 aliphatic heterocycles. The summed E-state index contributed by atoms with van der Waals surface area (Å²) in [7, 11) is -1.16. The minimum absolute atomic E-state index is 0.103. The molecule has 0 aliphatic rings. The van der Waals surface area contributed by atoms with Gasteiger partial charge in [0.1, 0.15) is 9.84 Å². The summed E-state index contributed by atoms with van der Waals surface area (Å²) in [5, 5.41) is 10.3. The summed E-state index contributed by atoms with van der Waals surface area (Å²) in [6, 6.07) is 0. The van der Waals surface area contributed by atoms with E-state index in [2.05, 4.69) is 4.98 Å². The molecule has 0 saturated heterocycles. The number of aliphatic hydroxyl groups is 1. The molecule has 1 heterocycles. The van der Waals surface area contributed by atoms with E-state index >= 15 is 0 Å². The quantitative estimate of drug-likeness (QED) is 0.869. The first kappa shape index (κ1) is 14.4. The first-order chi connectivity index (χ1) is 7.70. The summed E-state index contributed by atoms with van der Waals surface area (Å²) >= 11 is 1.40. The Kier molecular flexibility index (Phi) is 4.51. The molecule has 0 bridgehead atoms. The molecule has 1 atom stereocenters. The van der Waals surface area contributed by atoms with E-state index in [4.69, 9.17) is 0 Å². The molecule has 1 aromatic rings. The van der Waals surface area contributed by atoms with Crippen molar-refractivity contribution < 1.29 is 13.5 Å². The SMILES string of the molecule is Cc1nc(N(C)CCS(C)(=O)=O)sc1C(C)O. The molecule has 0 radical (unpaired) electrons. The number of aliphatic hydroxyl groups excluding tert-OH is 1. The molecule has 1 N–H and O–H groups in total. The average Bonchev–Trinajstić information content (AvgIpc) is 2.55. The lowest BCUT2D eigenvalue weighted by atomic mass is 10.3. The number of nitrogens with zero attached hydrogens (tertiary/aromatic N) is 2. The van der Waals surface area contributed by atoms with Gasteiger partial charge in [-0.15, -0.1) is 0 Å². The Morgan fingerprint density at radius 3 is 2.53 bits per heavy atom. The Hall–Kier alpha value is -0.660. The van der Waals surface area contributed by atoms with Crippen LogP contribution in [0, 0.1) is 6.92 Å². The van der Waals surface area contributed by atoms with Gasteiger partial charge in [0.05, 0.1) is 22.4 Å². The van der Waals surface area contributed by atoms with Crippen LogP contribution in [0.25, 0.3) is 0 Å². The molecule has 17 heavy (non-hydrogen) atoms. The Labute approximate surface area is 106 Å². The Balaban J connectivity index is 2.76. The third-order valence-corrected chi connectivity index (χ3v) is 4.69. The van der Waals surface area contributed by atoms with Crippen LogP contribution in [0.2, 0.25) is 0 Å². The van der Waals surface area contributed by atoms with Gasteiger partial charge in [-0.1, -0.05) is 11.3 Å². The number of anilines is 1. The van der Waals surface area contributed by atoms with Gasteiger partial charge < -0.3 is 10.0 Å². The normalized spacial score (nSPS) is 13.7. The highest BCUT2D eigenvalue weighted by Gasteiger charge is 2.15. The molecule has 1 aromatic heterocycles. The van der Waals surface area contributed by atoms with Gasteiger partial charge in [0.2, 0.25) is 0 Å². The van der Waals surface area contributed by atoms with Gasteiger partial charge in [0.25, 0.3) is 0 Å². The summed E-state index contributed by atoms with van der Waals surface area (Å²) in [6.07, 6.45) is 0.680. The number of rotatable bonds is 5. The lowest BCUT2D eigenvalue weighted by Crippen LogP contribution is -2.24. The Morgan fingerprint density at radius 1 is 1.53 bits per heavy atom. The first-order valence-electron chi connectivity index (χ1n) is 5.25. The van der Waals surface area contributed by atoms with Crippen LogP contribution in [0.1, 0.15) is 23.6 Å². The number of hydrogen-bond donors (Lipinski definition) is 1. The highest BCUT2D eigenvalue weighted by molar-refractivity contribution is 7.90. The molecule has 5 nitrogen and oxygen atoms in total. The molecular formula is C10H18N2O3S2. The van der Waals surface area contributed by atoms with Crippen molar-refractivity contribution in [2.24, 2.45) is 0 Å². The van der Waals surface area contributed by atoms with Gasteiger partial charge >= 0.3 is 0 Å². The van der Waals surface area contributed by atoms with Crippen molar-refractivity contribution in [1.29, 1.82) is 0 Å². The van der Waals surface area contributed by atoms with Gasteiger partial charge in [0.15, 0.2) is 5.13 Å². The number of thiazole rings is 1. The lowest BCUT2D eigenvalue weighted by Gasteiger charge is -2.14. The van der Waals surface area contributed by atoms with Crippen LogP contribution in [0.3, 0.4) is 0 Å². The second-order valence-corrected chi connectivity index (χ2v) is 7.44. The maximum atomic E-state index is 11.1. The fourth-order valence-corrected chi connectivity index (χ4v) is 2.94. The zero-order valence-electron chi connectivity index (χ0n) is 10.5. The molecule has 7 heteroatoms. The van der Waals surface area contributed by atoms with E-state index in [-0.39, 0.29) is 5.75 Å². The predicted octanol–water partition coefficient (Wildman–Crippen LogP) is 0.986. The maximum absolute atomic E-state index is 11.1. The monoisotopic (exact) mass is 278 g/mol. The summed E-state index contributed by atoms with van der Waals surface area (Å²) in [6.45, 7) is 3.94. The van der Waals surface area contributed by atoms with Crippen molar-refractivity contribution in [2.75, 3.05) is 30.5 Å². The molecule has 0 aliphatic carbocycles. The van der Waals surface area contributed by atoms with Crippen LogP contribution in [-0.2, 0) is 9.84 Å². The lowest BCUT2D eigenvalue weighted by molar-refractivity contribution is 0.202. The van der Waals surface area contributed by atoms with E-state index in [0.29, 0.717) is 6.54 Å². The Morgan fingerprint density at radius 2 is 2.12 bits per heavy atom. The van der Waals surface area contributed by atoms with Gasteiger partial charge in [-0.25, -0.2) is 13.4 Å². The zero-order chi connectivity index (χ0) is 13.2. The van der Waals surface area contributed by atoms with Crippen molar-refractivity contribution in [3.63, 3.8) is 0 Å². The largest absolute Gasteiger partial charge is 0.388 e. The topological polar surface area (TPSA) is 70.5 Å². The van der Waals surface area contributed by atoms with E-state index < -0.39 is 15.9 Å². The summed E-state index contributed by atoms with van der Waals surface area (Å²) in [5.41, 5.74) is 0.797. The van der Waals surface area contributed by atoms with E-state index in [1.807, 2.05) is 6.92 Å². The number of aryl methyl sites for hydroxylation is 1. The van der Waals surface area contributed by atoms with Crippen molar-refractivity contribution >= 4 is 26.3 Å². The van der Waals surface area contributed by atoms with E-state index in [9.17, 15) is 13.5 Å². The van der Waals surface area contributed by atoms with Crippen LogP contribution in [0.4, 0.5) is 5.13 Å². The number of aromatic nitrogens is 1. The summed E-state index contributed by atoms with van der Waals surface area (Å²) in [5.74, 6) is 0.103. The average molecular weight is 278 g/mol. The van der Waals surface area contributed by atoms with Crippen molar-refractivity contribution in [1.82, 2.24) is 4.98 Å². The van der Waals surface area contributed by atoms with E-state index in [1.165, 1.54) is 17.6 Å². The first-order valence-corrected chi connectivity index (χ1v) is 8.12. The van der Waals surface area contributed by atoms with Gasteiger partial charge in [0, 0.05) is 19.8 Å². The second-order valence-electron chi connectivity index (χ2n) is 4.17. The molecule has 1 rings (SSSR count). The van der Waals surface area contributed by atoms with Crippen LogP contribution >= 0.6 is 11.3 Å². The van der Waals surface area contributed by atoms with E-state index in [1.54, 1.807) is 18.9 Å². The summed E-state index contributed by atoms with van der Waals surface area (Å²) in [4.78, 5) is 6.94. The fourth-order valence-electron chi connectivity index (χ4n) is 1.34. The summed E-state index contributed by atoms with van der Waals surface area (Å²) < 4.78 is 22.1. The van der Waals surface area contributed by atoms with Crippen LogP contribution in [0.5, 0.6) is 0 Å². The molecule has 98 valence electrons. The Bertz CT molecular complexity index is 480. The smallest absolute Gasteiger partial charge is 0.185 e. The maximum Gasteiger partial charge on any atom is 0.185 e. The molecular weight excluding hydrogens is 260 g/mol. The third-order valence-electron chi connectivity index (χ3n) is 2.32. The molecule has 1 unspecified atom stereocenters. The minimum Gasteiger partial charge on any atom is -0.388 e. The molecule has 0 fully saturated rings. The van der Waals surface area contributed by atoms with E-state index in [0.717, 1.165) is 15.7 Å². The second kappa shape index (κ2) is 5.32. The molecule has 0 aromatic carbocycles. The molecule has 0 spiro atoms. The van der Waals surface area contributed by atoms with Crippen molar-refractivity contribution in [2.45, 2.75) is 20.0 Å². The highest BCUT2D eigenvalue weighted by Crippen LogP contribution is 2.29. The van der Waals surface area contributed by atoms with Gasteiger partial charge in [-0.2, -0.15) is 0 Å². The predicted molar refractivity (Wildman–Crippen MR) is 70.5 cm³/mol. The van der Waals surface area contributed by atoms with Crippen molar-refractivity contribution in [3.05, 3.63) is 10.6 Å². The highest BCUT2D eigenvalue weighted by atomic mass is 32.2. The number of sulfone groups is 1. The zero-order valence-corrected chi connectivity index (χ0v) is 12.1. The van der Waals surface area contributed by atoms with Gasteiger partial charge in [-0.05, 0) is 13.8 Å². The minimum atomic E-state index is -2.96. The fraction of sp³-hybridized carbons (Fsp3) is 0.700. The van der Waals surface area contributed by atoms with Crippen LogP contribution in [0.15, 0.2) is 0 Å².